The predicted molar refractivity (Wildman–Crippen MR) is 88.6 cm³/mol. The molecular formula is C17H21N3O2S. The zero-order valence-electron chi connectivity index (χ0n) is 13.2. The number of carbonyl (C=O) groups is 1. The Bertz CT molecular complexity index is 704. The van der Waals surface area contributed by atoms with Crippen molar-refractivity contribution in [3.63, 3.8) is 0 Å². The number of thiophene rings is 1. The van der Waals surface area contributed by atoms with E-state index in [9.17, 15) is 4.79 Å². The minimum absolute atomic E-state index is 0.0223. The number of nitrogens with zero attached hydrogens (tertiary/aromatic N) is 2. The summed E-state index contributed by atoms with van der Waals surface area (Å²) in [7, 11) is 1.93. The highest BCUT2D eigenvalue weighted by atomic mass is 32.1. The first kappa shape index (κ1) is 14.9. The molecule has 1 saturated carbocycles. The molecule has 2 aromatic heterocycles. The van der Waals surface area contributed by atoms with Gasteiger partial charge in [0, 0.05) is 32.3 Å². The number of ether oxygens (including phenoxy) is 1. The molecule has 1 saturated heterocycles. The fourth-order valence-electron chi connectivity index (χ4n) is 3.36. The Morgan fingerprint density at radius 1 is 1.43 bits per heavy atom. The molecule has 4 rings (SSSR count). The van der Waals surface area contributed by atoms with Crippen molar-refractivity contribution in [2.75, 3.05) is 13.2 Å². The van der Waals surface area contributed by atoms with Crippen LogP contribution in [0.3, 0.4) is 0 Å². The zero-order chi connectivity index (χ0) is 15.8. The van der Waals surface area contributed by atoms with E-state index >= 15 is 0 Å². The highest BCUT2D eigenvalue weighted by Crippen LogP contribution is 2.43. The van der Waals surface area contributed by atoms with Crippen LogP contribution in [-0.4, -0.2) is 28.8 Å². The van der Waals surface area contributed by atoms with Crippen LogP contribution in [0, 0.1) is 5.92 Å². The van der Waals surface area contributed by atoms with Gasteiger partial charge in [0.2, 0.25) is 0 Å². The summed E-state index contributed by atoms with van der Waals surface area (Å²) in [6, 6.07) is 4.10. The van der Waals surface area contributed by atoms with Crippen LogP contribution in [-0.2, 0) is 11.8 Å². The van der Waals surface area contributed by atoms with Gasteiger partial charge >= 0.3 is 0 Å². The second kappa shape index (κ2) is 6.09. The van der Waals surface area contributed by atoms with Crippen LogP contribution in [0.5, 0.6) is 0 Å². The Morgan fingerprint density at radius 3 is 3.04 bits per heavy atom. The van der Waals surface area contributed by atoms with Gasteiger partial charge in [-0.05, 0) is 48.3 Å². The van der Waals surface area contributed by atoms with E-state index < -0.39 is 0 Å². The van der Waals surface area contributed by atoms with Gasteiger partial charge in [0.15, 0.2) is 0 Å². The molecule has 5 nitrogen and oxygen atoms in total. The number of rotatable bonds is 5. The van der Waals surface area contributed by atoms with E-state index in [4.69, 9.17) is 4.74 Å². The number of amides is 1. The van der Waals surface area contributed by atoms with Crippen LogP contribution in [0.25, 0.3) is 0 Å². The van der Waals surface area contributed by atoms with Gasteiger partial charge in [-0.25, -0.2) is 0 Å². The molecular weight excluding hydrogens is 310 g/mol. The summed E-state index contributed by atoms with van der Waals surface area (Å²) in [5.74, 6) is 0.982. The van der Waals surface area contributed by atoms with E-state index in [2.05, 4.69) is 16.5 Å². The lowest BCUT2D eigenvalue weighted by atomic mass is 9.99. The second-order valence-electron chi connectivity index (χ2n) is 6.41. The van der Waals surface area contributed by atoms with Crippen molar-refractivity contribution in [1.82, 2.24) is 15.1 Å². The van der Waals surface area contributed by atoms with Gasteiger partial charge in [0.25, 0.3) is 5.91 Å². The molecule has 1 amide bonds. The average Bonchev–Trinajstić information content (AvgIpc) is 2.96. The molecule has 23 heavy (non-hydrogen) atoms. The van der Waals surface area contributed by atoms with E-state index in [0.29, 0.717) is 18.4 Å². The monoisotopic (exact) mass is 331 g/mol. The highest BCUT2D eigenvalue weighted by molar-refractivity contribution is 7.12. The maximum absolute atomic E-state index is 12.5. The van der Waals surface area contributed by atoms with Crippen LogP contribution in [0.15, 0.2) is 23.7 Å². The number of carbonyl (C=O) groups excluding carboxylic acids is 1. The van der Waals surface area contributed by atoms with Crippen molar-refractivity contribution in [2.24, 2.45) is 13.0 Å². The summed E-state index contributed by atoms with van der Waals surface area (Å²) < 4.78 is 7.73. The molecule has 1 aliphatic carbocycles. The van der Waals surface area contributed by atoms with Crippen molar-refractivity contribution < 1.29 is 9.53 Å². The van der Waals surface area contributed by atoms with E-state index in [1.165, 1.54) is 18.4 Å². The number of nitrogens with one attached hydrogen (secondary N) is 1. The lowest BCUT2D eigenvalue weighted by Gasteiger charge is -2.19. The largest absolute Gasteiger partial charge is 0.372 e. The number of hydrogen-bond acceptors (Lipinski definition) is 4. The molecule has 2 aromatic rings. The molecule has 0 aromatic carbocycles. The van der Waals surface area contributed by atoms with Gasteiger partial charge in [-0.3, -0.25) is 9.48 Å². The topological polar surface area (TPSA) is 56.1 Å². The number of aromatic nitrogens is 2. The molecule has 6 heteroatoms. The Balaban J connectivity index is 1.41. The summed E-state index contributed by atoms with van der Waals surface area (Å²) in [6.07, 6.45) is 5.22. The minimum Gasteiger partial charge on any atom is -0.372 e. The van der Waals surface area contributed by atoms with Crippen molar-refractivity contribution in [1.29, 1.82) is 0 Å². The fraction of sp³-hybridized carbons (Fsp3) is 0.529. The summed E-state index contributed by atoms with van der Waals surface area (Å²) in [4.78, 5) is 13.4. The summed E-state index contributed by atoms with van der Waals surface area (Å²) >= 11 is 1.55. The SMILES string of the molecule is Cn1nccc1[C@@H]1OCC[C@H]1CNC(=O)c1sccc1C1CC1. The van der Waals surface area contributed by atoms with E-state index in [1.54, 1.807) is 17.5 Å². The van der Waals surface area contributed by atoms with E-state index in [1.807, 2.05) is 23.2 Å². The number of hydrogen-bond donors (Lipinski definition) is 1. The van der Waals surface area contributed by atoms with Gasteiger partial charge in [0.1, 0.15) is 6.10 Å². The normalized spacial score (nSPS) is 24.0. The quantitative estimate of drug-likeness (QED) is 0.916. The van der Waals surface area contributed by atoms with Crippen molar-refractivity contribution in [3.05, 3.63) is 39.8 Å². The smallest absolute Gasteiger partial charge is 0.261 e. The third-order valence-electron chi connectivity index (χ3n) is 4.81. The molecule has 2 fully saturated rings. The molecule has 0 spiro atoms. The molecule has 2 atom stereocenters. The maximum atomic E-state index is 12.5. The maximum Gasteiger partial charge on any atom is 0.261 e. The van der Waals surface area contributed by atoms with Crippen LogP contribution in [0.1, 0.15) is 52.2 Å². The Morgan fingerprint density at radius 2 is 2.30 bits per heavy atom. The summed E-state index contributed by atoms with van der Waals surface area (Å²) in [5.41, 5.74) is 2.31. The van der Waals surface area contributed by atoms with Crippen LogP contribution in [0.2, 0.25) is 0 Å². The van der Waals surface area contributed by atoms with Gasteiger partial charge < -0.3 is 10.1 Å². The molecule has 2 aliphatic rings. The zero-order valence-corrected chi connectivity index (χ0v) is 14.0. The molecule has 0 unspecified atom stereocenters. The Hall–Kier alpha value is -1.66. The molecule has 122 valence electrons. The lowest BCUT2D eigenvalue weighted by Crippen LogP contribution is -2.31. The molecule has 0 bridgehead atoms. The summed E-state index contributed by atoms with van der Waals surface area (Å²) in [6.45, 7) is 1.39. The average molecular weight is 331 g/mol. The third kappa shape index (κ3) is 2.93. The Labute approximate surface area is 139 Å². The van der Waals surface area contributed by atoms with Gasteiger partial charge in [-0.15, -0.1) is 11.3 Å². The minimum atomic E-state index is 0.0223. The van der Waals surface area contributed by atoms with Crippen LogP contribution >= 0.6 is 11.3 Å². The summed E-state index contributed by atoms with van der Waals surface area (Å²) in [5, 5.41) is 9.37. The van der Waals surface area contributed by atoms with E-state index in [0.717, 1.165) is 23.6 Å². The second-order valence-corrected chi connectivity index (χ2v) is 7.33. The third-order valence-corrected chi connectivity index (χ3v) is 5.74. The first-order valence-corrected chi connectivity index (χ1v) is 9.07. The first-order valence-electron chi connectivity index (χ1n) is 8.19. The number of aryl methyl sites for hydroxylation is 1. The Kier molecular flexibility index (Phi) is 3.95. The van der Waals surface area contributed by atoms with Gasteiger partial charge in [0.05, 0.1) is 10.6 Å². The predicted octanol–water partition coefficient (Wildman–Crippen LogP) is 2.87. The molecule has 1 aliphatic heterocycles. The lowest BCUT2D eigenvalue weighted by molar-refractivity contribution is 0.0802. The van der Waals surface area contributed by atoms with Crippen molar-refractivity contribution in [2.45, 2.75) is 31.3 Å². The van der Waals surface area contributed by atoms with Crippen molar-refractivity contribution >= 4 is 17.2 Å². The standard InChI is InChI=1S/C17H21N3O2S/c1-20-14(4-7-19-20)15-12(5-8-22-15)10-18-17(21)16-13(6-9-23-16)11-2-3-11/h4,6-7,9,11-12,15H,2-3,5,8,10H2,1H3,(H,18,21)/t12-,15+/m0/s1. The molecule has 1 N–H and O–H groups in total. The van der Waals surface area contributed by atoms with Crippen molar-refractivity contribution in [3.8, 4) is 0 Å². The van der Waals surface area contributed by atoms with Gasteiger partial charge in [-0.1, -0.05) is 0 Å². The van der Waals surface area contributed by atoms with E-state index in [-0.39, 0.29) is 12.0 Å². The fourth-order valence-corrected chi connectivity index (χ4v) is 4.26. The van der Waals surface area contributed by atoms with Crippen LogP contribution in [0.4, 0.5) is 0 Å². The first-order chi connectivity index (χ1) is 11.2. The molecule has 0 radical (unpaired) electrons. The molecule has 3 heterocycles. The highest BCUT2D eigenvalue weighted by Gasteiger charge is 2.33. The van der Waals surface area contributed by atoms with Crippen LogP contribution < -0.4 is 5.32 Å². The van der Waals surface area contributed by atoms with Gasteiger partial charge in [-0.2, -0.15) is 5.10 Å².